The highest BCUT2D eigenvalue weighted by atomic mass is 79.9. The summed E-state index contributed by atoms with van der Waals surface area (Å²) in [5, 5.41) is 0. The number of rotatable bonds is 4. The van der Waals surface area contributed by atoms with Crippen LogP contribution in [-0.2, 0) is 0 Å². The van der Waals surface area contributed by atoms with E-state index < -0.39 is 0 Å². The molecular formula is C14H11Br2NO3. The molecule has 0 N–H and O–H groups in total. The summed E-state index contributed by atoms with van der Waals surface area (Å²) in [6.07, 6.45) is 1.58. The fourth-order valence-electron chi connectivity index (χ4n) is 1.66. The Kier molecular flexibility index (Phi) is 4.77. The van der Waals surface area contributed by atoms with Crippen LogP contribution in [-0.4, -0.2) is 25.0 Å². The van der Waals surface area contributed by atoms with Gasteiger partial charge in [0.15, 0.2) is 0 Å². The Morgan fingerprint density at radius 1 is 1.05 bits per heavy atom. The fourth-order valence-corrected chi connectivity index (χ4v) is 2.82. The van der Waals surface area contributed by atoms with Gasteiger partial charge in [0.2, 0.25) is 5.78 Å². The second kappa shape index (κ2) is 6.37. The Labute approximate surface area is 133 Å². The number of nitrogens with zero attached hydrogens (tertiary/aromatic N) is 1. The number of halogens is 2. The lowest BCUT2D eigenvalue weighted by molar-refractivity contribution is 0.103. The standard InChI is InChI=1S/C14H11Br2NO3/c1-19-10-3-8(4-11(6-10)20-2)14(18)13-12(16)5-9(15)7-17-13/h3-7H,1-2H3. The first-order valence-corrected chi connectivity index (χ1v) is 7.22. The quantitative estimate of drug-likeness (QED) is 0.731. The first-order chi connectivity index (χ1) is 9.55. The molecule has 6 heteroatoms. The van der Waals surface area contributed by atoms with E-state index in [-0.39, 0.29) is 5.78 Å². The molecule has 0 radical (unpaired) electrons. The normalized spacial score (nSPS) is 10.2. The van der Waals surface area contributed by atoms with Crippen LogP contribution in [0.1, 0.15) is 16.1 Å². The first kappa shape index (κ1) is 15.0. The van der Waals surface area contributed by atoms with Gasteiger partial charge in [0.05, 0.1) is 14.2 Å². The average molecular weight is 401 g/mol. The van der Waals surface area contributed by atoms with Crippen LogP contribution < -0.4 is 9.47 Å². The molecule has 2 aromatic rings. The van der Waals surface area contributed by atoms with Gasteiger partial charge in [-0.25, -0.2) is 0 Å². The maximum Gasteiger partial charge on any atom is 0.212 e. The van der Waals surface area contributed by atoms with Crippen molar-refractivity contribution in [3.8, 4) is 11.5 Å². The molecule has 0 amide bonds. The van der Waals surface area contributed by atoms with Crippen LogP contribution in [0.15, 0.2) is 39.4 Å². The molecule has 1 aromatic heterocycles. The summed E-state index contributed by atoms with van der Waals surface area (Å²) in [7, 11) is 3.08. The van der Waals surface area contributed by atoms with Gasteiger partial charge in [-0.05, 0) is 50.1 Å². The molecule has 20 heavy (non-hydrogen) atoms. The van der Waals surface area contributed by atoms with E-state index in [1.54, 1.807) is 30.5 Å². The zero-order valence-electron chi connectivity index (χ0n) is 10.8. The SMILES string of the molecule is COc1cc(OC)cc(C(=O)c2ncc(Br)cc2Br)c1. The number of benzene rings is 1. The third-order valence-electron chi connectivity index (χ3n) is 2.64. The molecule has 0 atom stereocenters. The summed E-state index contributed by atoms with van der Waals surface area (Å²) < 4.78 is 11.7. The molecule has 0 aliphatic rings. The molecule has 0 saturated heterocycles. The Morgan fingerprint density at radius 2 is 1.65 bits per heavy atom. The summed E-state index contributed by atoms with van der Waals surface area (Å²) in [5.74, 6) is 0.906. The highest BCUT2D eigenvalue weighted by Gasteiger charge is 2.16. The first-order valence-electron chi connectivity index (χ1n) is 5.64. The molecule has 0 aliphatic heterocycles. The summed E-state index contributed by atoms with van der Waals surface area (Å²) in [6, 6.07) is 6.79. The predicted molar refractivity (Wildman–Crippen MR) is 82.6 cm³/mol. The topological polar surface area (TPSA) is 48.4 Å². The maximum atomic E-state index is 12.5. The number of ether oxygens (including phenoxy) is 2. The zero-order chi connectivity index (χ0) is 14.7. The lowest BCUT2D eigenvalue weighted by Gasteiger charge is -2.08. The van der Waals surface area contributed by atoms with Crippen molar-refractivity contribution in [3.05, 3.63) is 50.7 Å². The van der Waals surface area contributed by atoms with Crippen LogP contribution in [0.3, 0.4) is 0 Å². The highest BCUT2D eigenvalue weighted by Crippen LogP contribution is 2.26. The molecule has 0 fully saturated rings. The van der Waals surface area contributed by atoms with Crippen molar-refractivity contribution in [1.82, 2.24) is 4.98 Å². The molecule has 4 nitrogen and oxygen atoms in total. The van der Waals surface area contributed by atoms with E-state index in [2.05, 4.69) is 36.8 Å². The van der Waals surface area contributed by atoms with E-state index >= 15 is 0 Å². The molecule has 1 heterocycles. The average Bonchev–Trinajstić information content (AvgIpc) is 2.46. The molecule has 0 bridgehead atoms. The van der Waals surface area contributed by atoms with Crippen molar-refractivity contribution in [3.63, 3.8) is 0 Å². The molecule has 0 saturated carbocycles. The molecule has 0 unspecified atom stereocenters. The van der Waals surface area contributed by atoms with E-state index in [0.29, 0.717) is 27.2 Å². The zero-order valence-corrected chi connectivity index (χ0v) is 14.0. The third-order valence-corrected chi connectivity index (χ3v) is 3.67. The van der Waals surface area contributed by atoms with Crippen LogP contribution in [0.4, 0.5) is 0 Å². The number of ketones is 1. The minimum absolute atomic E-state index is 0.207. The van der Waals surface area contributed by atoms with Gasteiger partial charge in [-0.1, -0.05) is 0 Å². The lowest BCUT2D eigenvalue weighted by atomic mass is 10.1. The number of hydrogen-bond acceptors (Lipinski definition) is 4. The summed E-state index contributed by atoms with van der Waals surface area (Å²) in [5.41, 5.74) is 0.792. The highest BCUT2D eigenvalue weighted by molar-refractivity contribution is 9.11. The van der Waals surface area contributed by atoms with Crippen molar-refractivity contribution in [2.75, 3.05) is 14.2 Å². The van der Waals surface area contributed by atoms with Crippen molar-refractivity contribution in [1.29, 1.82) is 0 Å². The Morgan fingerprint density at radius 3 is 2.15 bits per heavy atom. The van der Waals surface area contributed by atoms with Crippen LogP contribution in [0, 0.1) is 0 Å². The fraction of sp³-hybridized carbons (Fsp3) is 0.143. The molecule has 0 aliphatic carbocycles. The number of carbonyl (C=O) groups is 1. The van der Waals surface area contributed by atoms with Gasteiger partial charge in [0.25, 0.3) is 0 Å². The molecule has 104 valence electrons. The minimum Gasteiger partial charge on any atom is -0.497 e. The number of carbonyl (C=O) groups excluding carboxylic acids is 1. The second-order valence-electron chi connectivity index (χ2n) is 3.91. The van der Waals surface area contributed by atoms with Gasteiger partial charge in [-0.15, -0.1) is 0 Å². The number of hydrogen-bond donors (Lipinski definition) is 0. The second-order valence-corrected chi connectivity index (χ2v) is 5.68. The van der Waals surface area contributed by atoms with Crippen molar-refractivity contribution in [2.45, 2.75) is 0 Å². The number of aromatic nitrogens is 1. The van der Waals surface area contributed by atoms with E-state index in [1.165, 1.54) is 14.2 Å². The van der Waals surface area contributed by atoms with E-state index in [9.17, 15) is 4.79 Å². The molecule has 0 spiro atoms. The Bertz CT molecular complexity index is 637. The van der Waals surface area contributed by atoms with Gasteiger partial charge in [0.1, 0.15) is 17.2 Å². The van der Waals surface area contributed by atoms with E-state index in [1.807, 2.05) is 0 Å². The monoisotopic (exact) mass is 399 g/mol. The predicted octanol–water partition coefficient (Wildman–Crippen LogP) is 3.85. The third kappa shape index (κ3) is 3.19. The summed E-state index contributed by atoms with van der Waals surface area (Å²) in [6.45, 7) is 0. The van der Waals surface area contributed by atoms with Crippen molar-refractivity contribution in [2.24, 2.45) is 0 Å². The van der Waals surface area contributed by atoms with E-state index in [0.717, 1.165) is 4.47 Å². The van der Waals surface area contributed by atoms with Gasteiger partial charge < -0.3 is 9.47 Å². The van der Waals surface area contributed by atoms with Gasteiger partial charge in [0, 0.05) is 26.8 Å². The Balaban J connectivity index is 2.47. The van der Waals surface area contributed by atoms with Crippen LogP contribution in [0.25, 0.3) is 0 Å². The maximum absolute atomic E-state index is 12.5. The van der Waals surface area contributed by atoms with Crippen LogP contribution in [0.5, 0.6) is 11.5 Å². The van der Waals surface area contributed by atoms with Gasteiger partial charge in [-0.3, -0.25) is 9.78 Å². The minimum atomic E-state index is -0.207. The number of methoxy groups -OCH3 is 2. The molecular weight excluding hydrogens is 390 g/mol. The van der Waals surface area contributed by atoms with Crippen molar-refractivity contribution >= 4 is 37.6 Å². The molecule has 1 aromatic carbocycles. The van der Waals surface area contributed by atoms with Crippen LogP contribution in [0.2, 0.25) is 0 Å². The van der Waals surface area contributed by atoms with Gasteiger partial charge in [-0.2, -0.15) is 0 Å². The lowest BCUT2D eigenvalue weighted by Crippen LogP contribution is -2.06. The van der Waals surface area contributed by atoms with E-state index in [4.69, 9.17) is 9.47 Å². The van der Waals surface area contributed by atoms with Crippen LogP contribution >= 0.6 is 31.9 Å². The molecule has 2 rings (SSSR count). The number of pyridine rings is 1. The Hall–Kier alpha value is -1.40. The smallest absolute Gasteiger partial charge is 0.212 e. The largest absolute Gasteiger partial charge is 0.497 e. The van der Waals surface area contributed by atoms with Crippen molar-refractivity contribution < 1.29 is 14.3 Å². The summed E-state index contributed by atoms with van der Waals surface area (Å²) >= 11 is 6.64. The van der Waals surface area contributed by atoms with Gasteiger partial charge >= 0.3 is 0 Å². The summed E-state index contributed by atoms with van der Waals surface area (Å²) in [4.78, 5) is 16.6.